The molecular formula is C20H27N2O2+. The maximum atomic E-state index is 12.2. The van der Waals surface area contributed by atoms with Crippen molar-refractivity contribution < 1.29 is 14.5 Å². The number of hydrogen-bond donors (Lipinski definition) is 2. The molecule has 24 heavy (non-hydrogen) atoms. The van der Waals surface area contributed by atoms with Crippen molar-refractivity contribution >= 4 is 5.91 Å². The van der Waals surface area contributed by atoms with Crippen molar-refractivity contribution in [3.63, 3.8) is 0 Å². The fraction of sp³-hybridized carbons (Fsp3) is 0.450. The SMILES string of the molecule is O=C(C[NH2+][C@H](c1ccccc1)c1ccco1)NCC1CCCCC1. The van der Waals surface area contributed by atoms with Crippen molar-refractivity contribution in [3.8, 4) is 0 Å². The molecule has 0 bridgehead atoms. The maximum absolute atomic E-state index is 12.2. The Morgan fingerprint density at radius 1 is 1.12 bits per heavy atom. The van der Waals surface area contributed by atoms with Gasteiger partial charge in [-0.15, -0.1) is 0 Å². The summed E-state index contributed by atoms with van der Waals surface area (Å²) in [5.74, 6) is 1.65. The summed E-state index contributed by atoms with van der Waals surface area (Å²) in [6, 6.07) is 14.1. The number of carbonyl (C=O) groups excluding carboxylic acids is 1. The first-order valence-corrected chi connectivity index (χ1v) is 9.01. The Balaban J connectivity index is 1.52. The molecule has 0 spiro atoms. The Morgan fingerprint density at radius 2 is 1.92 bits per heavy atom. The molecule has 1 aromatic carbocycles. The van der Waals surface area contributed by atoms with Crippen LogP contribution >= 0.6 is 0 Å². The maximum Gasteiger partial charge on any atom is 0.275 e. The van der Waals surface area contributed by atoms with Crippen LogP contribution in [0.25, 0.3) is 0 Å². The minimum atomic E-state index is 0.0154. The summed E-state index contributed by atoms with van der Waals surface area (Å²) in [6.07, 6.45) is 8.15. The molecule has 3 N–H and O–H groups in total. The monoisotopic (exact) mass is 327 g/mol. The lowest BCUT2D eigenvalue weighted by Crippen LogP contribution is -2.87. The second-order valence-corrected chi connectivity index (χ2v) is 6.65. The highest BCUT2D eigenvalue weighted by Crippen LogP contribution is 2.22. The molecule has 0 radical (unpaired) electrons. The summed E-state index contributed by atoms with van der Waals surface area (Å²) in [7, 11) is 0. The van der Waals surface area contributed by atoms with Gasteiger partial charge < -0.3 is 15.1 Å². The number of hydrogen-bond acceptors (Lipinski definition) is 2. The second-order valence-electron chi connectivity index (χ2n) is 6.65. The zero-order chi connectivity index (χ0) is 16.6. The Labute approximate surface area is 143 Å². The van der Waals surface area contributed by atoms with E-state index in [0.29, 0.717) is 12.5 Å². The molecule has 0 saturated heterocycles. The summed E-state index contributed by atoms with van der Waals surface area (Å²) >= 11 is 0. The number of nitrogens with two attached hydrogens (primary N) is 1. The molecule has 1 aliphatic carbocycles. The van der Waals surface area contributed by atoms with Gasteiger partial charge in [0.25, 0.3) is 5.91 Å². The van der Waals surface area contributed by atoms with Gasteiger partial charge in [0, 0.05) is 12.1 Å². The van der Waals surface area contributed by atoms with E-state index in [2.05, 4.69) is 17.4 Å². The zero-order valence-corrected chi connectivity index (χ0v) is 14.1. The third-order valence-electron chi connectivity index (χ3n) is 4.86. The first-order chi connectivity index (χ1) is 11.8. The summed E-state index contributed by atoms with van der Waals surface area (Å²) in [5, 5.41) is 5.15. The van der Waals surface area contributed by atoms with E-state index in [4.69, 9.17) is 4.42 Å². The van der Waals surface area contributed by atoms with Crippen molar-refractivity contribution in [2.24, 2.45) is 5.92 Å². The molecule has 1 amide bonds. The normalized spacial score (nSPS) is 16.7. The highest BCUT2D eigenvalue weighted by molar-refractivity contribution is 5.76. The number of rotatable bonds is 7. The third-order valence-corrected chi connectivity index (χ3v) is 4.86. The summed E-state index contributed by atoms with van der Waals surface area (Å²) in [5.41, 5.74) is 1.15. The molecule has 2 aromatic rings. The van der Waals surface area contributed by atoms with Crippen LogP contribution in [0.15, 0.2) is 53.1 Å². The van der Waals surface area contributed by atoms with Gasteiger partial charge in [-0.1, -0.05) is 49.6 Å². The molecule has 128 valence electrons. The summed E-state index contributed by atoms with van der Waals surface area (Å²) in [4.78, 5) is 12.2. The molecular weight excluding hydrogens is 300 g/mol. The largest absolute Gasteiger partial charge is 0.463 e. The molecule has 1 aromatic heterocycles. The Bertz CT molecular complexity index is 604. The van der Waals surface area contributed by atoms with E-state index in [1.54, 1.807) is 6.26 Å². The molecule has 1 aliphatic rings. The van der Waals surface area contributed by atoms with Crippen LogP contribution < -0.4 is 10.6 Å². The molecule has 4 heteroatoms. The lowest BCUT2D eigenvalue weighted by molar-refractivity contribution is -0.678. The molecule has 1 fully saturated rings. The highest BCUT2D eigenvalue weighted by atomic mass is 16.3. The van der Waals surface area contributed by atoms with E-state index in [-0.39, 0.29) is 11.9 Å². The lowest BCUT2D eigenvalue weighted by Gasteiger charge is -2.21. The van der Waals surface area contributed by atoms with Gasteiger partial charge in [-0.3, -0.25) is 4.79 Å². The minimum Gasteiger partial charge on any atom is -0.463 e. The third kappa shape index (κ3) is 4.71. The van der Waals surface area contributed by atoms with Gasteiger partial charge in [-0.05, 0) is 30.9 Å². The van der Waals surface area contributed by atoms with E-state index in [1.165, 1.54) is 32.1 Å². The van der Waals surface area contributed by atoms with Crippen LogP contribution in [0.5, 0.6) is 0 Å². The minimum absolute atomic E-state index is 0.0154. The molecule has 0 unspecified atom stereocenters. The topological polar surface area (TPSA) is 58.9 Å². The van der Waals surface area contributed by atoms with Gasteiger partial charge >= 0.3 is 0 Å². The average molecular weight is 327 g/mol. The van der Waals surface area contributed by atoms with Gasteiger partial charge in [0.05, 0.1) is 6.26 Å². The van der Waals surface area contributed by atoms with Gasteiger partial charge in [-0.25, -0.2) is 0 Å². The predicted molar refractivity (Wildman–Crippen MR) is 93.4 cm³/mol. The van der Waals surface area contributed by atoms with Crippen molar-refractivity contribution in [2.45, 2.75) is 38.1 Å². The Kier molecular flexibility index (Phi) is 6.07. The second kappa shape index (κ2) is 8.69. The number of nitrogens with one attached hydrogen (secondary N) is 1. The van der Waals surface area contributed by atoms with E-state index >= 15 is 0 Å². The first kappa shape index (κ1) is 16.8. The zero-order valence-electron chi connectivity index (χ0n) is 14.1. The van der Waals surface area contributed by atoms with Gasteiger partial charge in [0.2, 0.25) is 0 Å². The molecule has 0 aliphatic heterocycles. The van der Waals surface area contributed by atoms with Crippen molar-refractivity contribution in [1.29, 1.82) is 0 Å². The highest BCUT2D eigenvalue weighted by Gasteiger charge is 2.21. The van der Waals surface area contributed by atoms with E-state index in [1.807, 2.05) is 35.6 Å². The quantitative estimate of drug-likeness (QED) is 0.821. The van der Waals surface area contributed by atoms with E-state index in [0.717, 1.165) is 17.9 Å². The molecule has 1 saturated carbocycles. The van der Waals surface area contributed by atoms with Crippen LogP contribution in [0.4, 0.5) is 0 Å². The van der Waals surface area contributed by atoms with E-state index < -0.39 is 0 Å². The summed E-state index contributed by atoms with van der Waals surface area (Å²) in [6.45, 7) is 1.23. The van der Waals surface area contributed by atoms with Crippen LogP contribution in [-0.2, 0) is 4.79 Å². The number of quaternary nitrogens is 1. The number of furan rings is 1. The van der Waals surface area contributed by atoms with Crippen LogP contribution in [0.3, 0.4) is 0 Å². The fourth-order valence-electron chi connectivity index (χ4n) is 3.49. The standard InChI is InChI=1S/C20H26N2O2/c23-19(21-14-16-8-3-1-4-9-16)15-22-20(18-12-7-13-24-18)17-10-5-2-6-11-17/h2,5-7,10-13,16,20,22H,1,3-4,8-9,14-15H2,(H,21,23)/p+1/t20-/m1/s1. The molecule has 3 rings (SSSR count). The Hall–Kier alpha value is -2.07. The van der Waals surface area contributed by atoms with Gasteiger partial charge in [0.15, 0.2) is 18.3 Å². The number of benzene rings is 1. The lowest BCUT2D eigenvalue weighted by atomic mass is 9.89. The van der Waals surface area contributed by atoms with Gasteiger partial charge in [-0.2, -0.15) is 0 Å². The fourth-order valence-corrected chi connectivity index (χ4v) is 3.49. The van der Waals surface area contributed by atoms with Gasteiger partial charge in [0.1, 0.15) is 0 Å². The van der Waals surface area contributed by atoms with Crippen molar-refractivity contribution in [1.82, 2.24) is 5.32 Å². The smallest absolute Gasteiger partial charge is 0.275 e. The molecule has 4 nitrogen and oxygen atoms in total. The Morgan fingerprint density at radius 3 is 2.62 bits per heavy atom. The van der Waals surface area contributed by atoms with Crippen LogP contribution in [0, 0.1) is 5.92 Å². The average Bonchev–Trinajstić information content (AvgIpc) is 3.16. The van der Waals surface area contributed by atoms with Crippen molar-refractivity contribution in [3.05, 3.63) is 60.1 Å². The summed E-state index contributed by atoms with van der Waals surface area (Å²) < 4.78 is 5.57. The molecule has 1 heterocycles. The first-order valence-electron chi connectivity index (χ1n) is 9.01. The van der Waals surface area contributed by atoms with Crippen LogP contribution in [-0.4, -0.2) is 19.0 Å². The van der Waals surface area contributed by atoms with Crippen LogP contribution in [0.2, 0.25) is 0 Å². The molecule has 1 atom stereocenters. The van der Waals surface area contributed by atoms with E-state index in [9.17, 15) is 4.79 Å². The number of carbonyl (C=O) groups is 1. The number of amides is 1. The predicted octanol–water partition coefficient (Wildman–Crippen LogP) is 2.63. The van der Waals surface area contributed by atoms with Crippen LogP contribution in [0.1, 0.15) is 49.5 Å². The van der Waals surface area contributed by atoms with Crippen molar-refractivity contribution in [2.75, 3.05) is 13.1 Å².